The molecule has 1 atom stereocenters. The molecule has 1 unspecified atom stereocenters. The molecular formula is C14H21N3O. The lowest BCUT2D eigenvalue weighted by Gasteiger charge is -2.32. The molecule has 1 aromatic rings. The van der Waals surface area contributed by atoms with Crippen LogP contribution in [0.3, 0.4) is 0 Å². The lowest BCUT2D eigenvalue weighted by atomic mass is 10.1. The van der Waals surface area contributed by atoms with E-state index in [9.17, 15) is 0 Å². The van der Waals surface area contributed by atoms with Gasteiger partial charge in [0.25, 0.3) is 0 Å². The Morgan fingerprint density at radius 2 is 2.17 bits per heavy atom. The lowest BCUT2D eigenvalue weighted by molar-refractivity contribution is -0.0362. The van der Waals surface area contributed by atoms with Gasteiger partial charge in [-0.2, -0.15) is 0 Å². The van der Waals surface area contributed by atoms with Crippen molar-refractivity contribution in [3.8, 4) is 0 Å². The monoisotopic (exact) mass is 247 g/mol. The minimum Gasteiger partial charge on any atom is -0.399 e. The van der Waals surface area contributed by atoms with Gasteiger partial charge < -0.3 is 15.4 Å². The van der Waals surface area contributed by atoms with Gasteiger partial charge in [-0.3, -0.25) is 4.90 Å². The van der Waals surface area contributed by atoms with Crippen molar-refractivity contribution in [1.29, 1.82) is 0 Å². The molecule has 2 N–H and O–H groups in total. The van der Waals surface area contributed by atoms with E-state index in [1.54, 1.807) is 0 Å². The number of nitrogens with zero attached hydrogens (tertiary/aromatic N) is 2. The number of benzene rings is 1. The van der Waals surface area contributed by atoms with Crippen LogP contribution in [0.25, 0.3) is 0 Å². The highest BCUT2D eigenvalue weighted by atomic mass is 16.5. The van der Waals surface area contributed by atoms with Gasteiger partial charge in [-0.05, 0) is 30.3 Å². The maximum absolute atomic E-state index is 5.83. The third-order valence-electron chi connectivity index (χ3n) is 3.82. The van der Waals surface area contributed by atoms with Crippen molar-refractivity contribution in [2.75, 3.05) is 39.0 Å². The number of hydrogen-bond acceptors (Lipinski definition) is 4. The van der Waals surface area contributed by atoms with E-state index in [1.165, 1.54) is 11.1 Å². The zero-order valence-electron chi connectivity index (χ0n) is 10.9. The van der Waals surface area contributed by atoms with Crippen LogP contribution in [-0.2, 0) is 17.8 Å². The van der Waals surface area contributed by atoms with Crippen molar-refractivity contribution < 1.29 is 4.74 Å². The molecule has 0 radical (unpaired) electrons. The Morgan fingerprint density at radius 1 is 1.33 bits per heavy atom. The normalized spacial score (nSPS) is 25.3. The zero-order chi connectivity index (χ0) is 12.5. The van der Waals surface area contributed by atoms with E-state index in [0.29, 0.717) is 6.10 Å². The Hall–Kier alpha value is -1.10. The van der Waals surface area contributed by atoms with Gasteiger partial charge in [0, 0.05) is 38.4 Å². The van der Waals surface area contributed by atoms with Crippen LogP contribution in [0.4, 0.5) is 5.69 Å². The highest BCUT2D eigenvalue weighted by molar-refractivity contribution is 5.46. The molecule has 0 spiro atoms. The number of hydrogen-bond donors (Lipinski definition) is 1. The summed E-state index contributed by atoms with van der Waals surface area (Å²) in [4.78, 5) is 4.79. The molecule has 4 heteroatoms. The highest BCUT2D eigenvalue weighted by Gasteiger charge is 2.24. The number of morpholine rings is 1. The highest BCUT2D eigenvalue weighted by Crippen LogP contribution is 2.25. The van der Waals surface area contributed by atoms with Gasteiger partial charge in [0.05, 0.1) is 12.7 Å². The number of fused-ring (bicyclic) bond motifs is 1. The van der Waals surface area contributed by atoms with Gasteiger partial charge in [0.15, 0.2) is 0 Å². The van der Waals surface area contributed by atoms with E-state index >= 15 is 0 Å². The van der Waals surface area contributed by atoms with E-state index in [2.05, 4.69) is 29.0 Å². The van der Waals surface area contributed by atoms with Crippen LogP contribution in [-0.4, -0.2) is 49.2 Å². The second kappa shape index (κ2) is 4.88. The topological polar surface area (TPSA) is 41.7 Å². The Bertz CT molecular complexity index is 435. The molecule has 0 amide bonds. The Kier molecular flexibility index (Phi) is 3.24. The standard InChI is InChI=1S/C14H21N3O/c1-16-4-5-18-14(9-16)10-17-7-11-2-3-13(15)6-12(11)8-17/h2-3,6,14H,4-5,7-10,15H2,1H3. The summed E-state index contributed by atoms with van der Waals surface area (Å²) in [5.41, 5.74) is 9.48. The van der Waals surface area contributed by atoms with Crippen LogP contribution in [0, 0.1) is 0 Å². The fourth-order valence-corrected chi connectivity index (χ4v) is 2.88. The van der Waals surface area contributed by atoms with E-state index in [-0.39, 0.29) is 0 Å². The van der Waals surface area contributed by atoms with Gasteiger partial charge >= 0.3 is 0 Å². The van der Waals surface area contributed by atoms with Crippen molar-refractivity contribution in [2.45, 2.75) is 19.2 Å². The summed E-state index contributed by atoms with van der Waals surface area (Å²) in [7, 11) is 2.16. The van der Waals surface area contributed by atoms with Crippen LogP contribution >= 0.6 is 0 Å². The fourth-order valence-electron chi connectivity index (χ4n) is 2.88. The molecule has 0 aromatic heterocycles. The first kappa shape index (κ1) is 12.0. The number of nitrogen functional groups attached to an aromatic ring is 1. The van der Waals surface area contributed by atoms with Crippen molar-refractivity contribution in [3.05, 3.63) is 29.3 Å². The molecule has 2 aliphatic rings. The molecule has 98 valence electrons. The molecule has 1 aromatic carbocycles. The van der Waals surface area contributed by atoms with Gasteiger partial charge in [0.2, 0.25) is 0 Å². The van der Waals surface area contributed by atoms with Gasteiger partial charge in [0.1, 0.15) is 0 Å². The van der Waals surface area contributed by atoms with Crippen LogP contribution < -0.4 is 5.73 Å². The third-order valence-corrected chi connectivity index (χ3v) is 3.82. The molecule has 0 bridgehead atoms. The summed E-state index contributed by atoms with van der Waals surface area (Å²) in [6.07, 6.45) is 0.343. The predicted molar refractivity (Wildman–Crippen MR) is 72.2 cm³/mol. The second-order valence-electron chi connectivity index (χ2n) is 5.45. The first-order valence-electron chi connectivity index (χ1n) is 6.60. The van der Waals surface area contributed by atoms with E-state index < -0.39 is 0 Å². The van der Waals surface area contributed by atoms with Crippen molar-refractivity contribution in [1.82, 2.24) is 9.80 Å². The molecule has 2 heterocycles. The number of anilines is 1. The quantitative estimate of drug-likeness (QED) is 0.789. The SMILES string of the molecule is CN1CCOC(CN2Cc3ccc(N)cc3C2)C1. The summed E-state index contributed by atoms with van der Waals surface area (Å²) in [5.74, 6) is 0. The third kappa shape index (κ3) is 2.51. The van der Waals surface area contributed by atoms with Crippen LogP contribution in [0.1, 0.15) is 11.1 Å². The second-order valence-corrected chi connectivity index (χ2v) is 5.45. The number of ether oxygens (including phenoxy) is 1. The fraction of sp³-hybridized carbons (Fsp3) is 0.571. The summed E-state index contributed by atoms with van der Waals surface area (Å²) < 4.78 is 5.82. The minimum atomic E-state index is 0.343. The maximum Gasteiger partial charge on any atom is 0.0829 e. The molecule has 1 saturated heterocycles. The largest absolute Gasteiger partial charge is 0.399 e. The maximum atomic E-state index is 5.83. The molecule has 4 nitrogen and oxygen atoms in total. The average molecular weight is 247 g/mol. The van der Waals surface area contributed by atoms with Gasteiger partial charge in [-0.25, -0.2) is 0 Å². The average Bonchev–Trinajstić information content (AvgIpc) is 2.70. The number of nitrogens with two attached hydrogens (primary N) is 1. The van der Waals surface area contributed by atoms with Crippen molar-refractivity contribution in [3.63, 3.8) is 0 Å². The Labute approximate surface area is 108 Å². The van der Waals surface area contributed by atoms with Crippen LogP contribution in [0.15, 0.2) is 18.2 Å². The first-order valence-corrected chi connectivity index (χ1v) is 6.60. The molecule has 18 heavy (non-hydrogen) atoms. The summed E-state index contributed by atoms with van der Waals surface area (Å²) in [6, 6.07) is 6.24. The summed E-state index contributed by atoms with van der Waals surface area (Å²) >= 11 is 0. The van der Waals surface area contributed by atoms with E-state index in [4.69, 9.17) is 10.5 Å². The molecule has 3 rings (SSSR count). The van der Waals surface area contributed by atoms with Crippen molar-refractivity contribution in [2.24, 2.45) is 0 Å². The summed E-state index contributed by atoms with van der Waals surface area (Å²) in [5, 5.41) is 0. The predicted octanol–water partition coefficient (Wildman–Crippen LogP) is 0.915. The lowest BCUT2D eigenvalue weighted by Crippen LogP contribution is -2.45. The molecule has 0 saturated carbocycles. The molecule has 2 aliphatic heterocycles. The summed E-state index contributed by atoms with van der Waals surface area (Å²) in [6.45, 7) is 5.99. The van der Waals surface area contributed by atoms with Gasteiger partial charge in [-0.1, -0.05) is 6.07 Å². The molecule has 0 aliphatic carbocycles. The first-order chi connectivity index (χ1) is 8.70. The minimum absolute atomic E-state index is 0.343. The van der Waals surface area contributed by atoms with Crippen molar-refractivity contribution >= 4 is 5.69 Å². The van der Waals surface area contributed by atoms with Gasteiger partial charge in [-0.15, -0.1) is 0 Å². The van der Waals surface area contributed by atoms with Crippen LogP contribution in [0.2, 0.25) is 0 Å². The Morgan fingerprint density at radius 3 is 3.00 bits per heavy atom. The smallest absolute Gasteiger partial charge is 0.0829 e. The Balaban J connectivity index is 1.60. The number of rotatable bonds is 2. The molecule has 1 fully saturated rings. The molecular weight excluding hydrogens is 226 g/mol. The zero-order valence-corrected chi connectivity index (χ0v) is 10.9. The van der Waals surface area contributed by atoms with E-state index in [0.717, 1.165) is 45.0 Å². The number of likely N-dealkylation sites (N-methyl/N-ethyl adjacent to an activating group) is 1. The van der Waals surface area contributed by atoms with Crippen LogP contribution in [0.5, 0.6) is 0 Å². The van der Waals surface area contributed by atoms with E-state index in [1.807, 2.05) is 6.07 Å².